The summed E-state index contributed by atoms with van der Waals surface area (Å²) >= 11 is 15.0. The Kier molecular flexibility index (Phi) is 6.17. The smallest absolute Gasteiger partial charge is 0.257 e. The van der Waals surface area contributed by atoms with Crippen molar-refractivity contribution in [3.8, 4) is 0 Å². The zero-order chi connectivity index (χ0) is 18.8. The molecule has 2 aromatic rings. The average Bonchev–Trinajstić information content (AvgIpc) is 2.49. The van der Waals surface area contributed by atoms with Crippen LogP contribution in [0.25, 0.3) is 0 Å². The summed E-state index contributed by atoms with van der Waals surface area (Å²) in [6, 6.07) is 10.3. The third-order valence-corrected chi connectivity index (χ3v) is 6.32. The van der Waals surface area contributed by atoms with Gasteiger partial charge in [0.25, 0.3) is 5.91 Å². The number of hydrogen-bond donors (Lipinski definition) is 2. The van der Waals surface area contributed by atoms with Gasteiger partial charge in [0.1, 0.15) is 0 Å². The van der Waals surface area contributed by atoms with Crippen molar-refractivity contribution < 1.29 is 18.3 Å². The molecule has 0 aliphatic heterocycles. The SMILES string of the molecule is C[C@@](O)(CS(=O)(=O)c1ccc(Br)cc1)C(=O)Nc1ccc(Cl)cc1Cl. The van der Waals surface area contributed by atoms with Gasteiger partial charge in [-0.1, -0.05) is 39.1 Å². The first-order chi connectivity index (χ1) is 11.5. The number of nitrogens with one attached hydrogen (secondary N) is 1. The number of carbonyl (C=O) groups is 1. The van der Waals surface area contributed by atoms with Gasteiger partial charge in [-0.3, -0.25) is 4.79 Å². The minimum atomic E-state index is -3.87. The van der Waals surface area contributed by atoms with Crippen LogP contribution in [-0.2, 0) is 14.6 Å². The Balaban J connectivity index is 2.19. The van der Waals surface area contributed by atoms with Crippen LogP contribution in [0.4, 0.5) is 5.69 Å². The summed E-state index contributed by atoms with van der Waals surface area (Å²) in [7, 11) is -3.87. The van der Waals surface area contributed by atoms with Gasteiger partial charge in [-0.15, -0.1) is 0 Å². The van der Waals surface area contributed by atoms with E-state index in [0.717, 1.165) is 6.92 Å². The molecule has 5 nitrogen and oxygen atoms in total. The largest absolute Gasteiger partial charge is 0.379 e. The van der Waals surface area contributed by atoms with Crippen molar-refractivity contribution in [2.75, 3.05) is 11.1 Å². The van der Waals surface area contributed by atoms with Crippen LogP contribution in [0.1, 0.15) is 6.92 Å². The van der Waals surface area contributed by atoms with E-state index in [9.17, 15) is 18.3 Å². The van der Waals surface area contributed by atoms with E-state index in [1.165, 1.54) is 30.3 Å². The Morgan fingerprint density at radius 1 is 1.20 bits per heavy atom. The molecule has 134 valence electrons. The zero-order valence-corrected chi connectivity index (χ0v) is 16.9. The molecule has 0 radical (unpaired) electrons. The lowest BCUT2D eigenvalue weighted by molar-refractivity contribution is -0.130. The summed E-state index contributed by atoms with van der Waals surface area (Å²) in [5.74, 6) is -1.67. The first kappa shape index (κ1) is 20.2. The van der Waals surface area contributed by atoms with Gasteiger partial charge in [-0.05, 0) is 49.4 Å². The molecule has 0 fully saturated rings. The Hall–Kier alpha value is -1.12. The van der Waals surface area contributed by atoms with Gasteiger partial charge in [0, 0.05) is 9.50 Å². The fourth-order valence-electron chi connectivity index (χ4n) is 2.01. The number of amides is 1. The van der Waals surface area contributed by atoms with Crippen LogP contribution in [0.3, 0.4) is 0 Å². The number of halogens is 3. The van der Waals surface area contributed by atoms with Crippen molar-refractivity contribution in [1.82, 2.24) is 0 Å². The highest BCUT2D eigenvalue weighted by molar-refractivity contribution is 9.10. The number of carbonyl (C=O) groups excluding carboxylic acids is 1. The quantitative estimate of drug-likeness (QED) is 0.699. The summed E-state index contributed by atoms with van der Waals surface area (Å²) in [5, 5.41) is 13.3. The van der Waals surface area contributed by atoms with Gasteiger partial charge in [-0.25, -0.2) is 8.42 Å². The zero-order valence-electron chi connectivity index (χ0n) is 13.0. The van der Waals surface area contributed by atoms with E-state index in [4.69, 9.17) is 23.2 Å². The lowest BCUT2D eigenvalue weighted by Gasteiger charge is -2.22. The predicted octanol–water partition coefficient (Wildman–Crippen LogP) is 3.92. The second-order valence-electron chi connectivity index (χ2n) is 5.57. The van der Waals surface area contributed by atoms with Gasteiger partial charge in [-0.2, -0.15) is 0 Å². The molecular weight excluding hydrogens is 453 g/mol. The lowest BCUT2D eigenvalue weighted by atomic mass is 10.1. The van der Waals surface area contributed by atoms with E-state index < -0.39 is 27.1 Å². The second kappa shape index (κ2) is 7.63. The van der Waals surface area contributed by atoms with Crippen LogP contribution in [0.5, 0.6) is 0 Å². The summed E-state index contributed by atoms with van der Waals surface area (Å²) in [4.78, 5) is 12.3. The molecule has 0 aromatic heterocycles. The predicted molar refractivity (Wildman–Crippen MR) is 102 cm³/mol. The third-order valence-electron chi connectivity index (χ3n) is 3.31. The summed E-state index contributed by atoms with van der Waals surface area (Å²) in [6.07, 6.45) is 0. The molecule has 0 bridgehead atoms. The van der Waals surface area contributed by atoms with Gasteiger partial charge in [0.15, 0.2) is 15.4 Å². The first-order valence-corrected chi connectivity index (χ1v) is 10.2. The molecule has 0 saturated carbocycles. The molecule has 2 aromatic carbocycles. The molecule has 9 heteroatoms. The Morgan fingerprint density at radius 2 is 1.80 bits per heavy atom. The molecule has 0 aliphatic carbocycles. The minimum Gasteiger partial charge on any atom is -0.379 e. The molecular formula is C16H14BrCl2NO4S. The molecule has 2 rings (SSSR count). The number of anilines is 1. The van der Waals surface area contributed by atoms with Crippen LogP contribution in [0.15, 0.2) is 51.8 Å². The molecule has 0 unspecified atom stereocenters. The number of benzene rings is 2. The summed E-state index contributed by atoms with van der Waals surface area (Å²) in [6.45, 7) is 1.13. The van der Waals surface area contributed by atoms with Gasteiger partial charge in [0.2, 0.25) is 0 Å². The highest BCUT2D eigenvalue weighted by atomic mass is 79.9. The molecule has 1 atom stereocenters. The number of rotatable bonds is 5. The summed E-state index contributed by atoms with van der Waals surface area (Å²) in [5.41, 5.74) is -1.94. The van der Waals surface area contributed by atoms with Gasteiger partial charge >= 0.3 is 0 Å². The Bertz CT molecular complexity index is 899. The Morgan fingerprint density at radius 3 is 2.36 bits per heavy atom. The van der Waals surface area contributed by atoms with Crippen LogP contribution < -0.4 is 5.32 Å². The van der Waals surface area contributed by atoms with Crippen molar-refractivity contribution in [1.29, 1.82) is 0 Å². The maximum Gasteiger partial charge on any atom is 0.257 e. The van der Waals surface area contributed by atoms with E-state index in [0.29, 0.717) is 9.50 Å². The molecule has 0 heterocycles. The standard InChI is InChI=1S/C16H14BrCl2NO4S/c1-16(22,9-25(23,24)12-5-2-10(17)3-6-12)15(21)20-14-7-4-11(18)8-13(14)19/h2-8,22H,9H2,1H3,(H,20,21)/t16-/m1/s1. The molecule has 1 amide bonds. The van der Waals surface area contributed by atoms with Crippen molar-refractivity contribution in [2.24, 2.45) is 0 Å². The molecule has 25 heavy (non-hydrogen) atoms. The van der Waals surface area contributed by atoms with E-state index >= 15 is 0 Å². The molecule has 2 N–H and O–H groups in total. The monoisotopic (exact) mass is 465 g/mol. The highest BCUT2D eigenvalue weighted by Crippen LogP contribution is 2.27. The van der Waals surface area contributed by atoms with Crippen molar-refractivity contribution >= 4 is 60.6 Å². The summed E-state index contributed by atoms with van der Waals surface area (Å²) < 4.78 is 25.6. The fraction of sp³-hybridized carbons (Fsp3) is 0.188. The second-order valence-corrected chi connectivity index (χ2v) is 9.31. The maximum absolute atomic E-state index is 12.4. The van der Waals surface area contributed by atoms with Crippen molar-refractivity contribution in [3.63, 3.8) is 0 Å². The Labute approximate surface area is 164 Å². The first-order valence-electron chi connectivity index (χ1n) is 6.98. The third kappa shape index (κ3) is 5.18. The van der Waals surface area contributed by atoms with Crippen LogP contribution in [0, 0.1) is 0 Å². The van der Waals surface area contributed by atoms with Crippen molar-refractivity contribution in [3.05, 3.63) is 57.0 Å². The minimum absolute atomic E-state index is 0.00769. The molecule has 0 saturated heterocycles. The van der Waals surface area contributed by atoms with Gasteiger partial charge in [0.05, 0.1) is 21.4 Å². The maximum atomic E-state index is 12.4. The number of aliphatic hydroxyl groups is 1. The van der Waals surface area contributed by atoms with E-state index in [-0.39, 0.29) is 15.6 Å². The van der Waals surface area contributed by atoms with Crippen LogP contribution in [0.2, 0.25) is 10.0 Å². The van der Waals surface area contributed by atoms with Gasteiger partial charge < -0.3 is 10.4 Å². The topological polar surface area (TPSA) is 83.5 Å². The molecule has 0 aliphatic rings. The van der Waals surface area contributed by atoms with E-state index in [1.807, 2.05) is 0 Å². The van der Waals surface area contributed by atoms with Crippen molar-refractivity contribution in [2.45, 2.75) is 17.4 Å². The number of sulfone groups is 1. The lowest BCUT2D eigenvalue weighted by Crippen LogP contribution is -2.45. The highest BCUT2D eigenvalue weighted by Gasteiger charge is 2.37. The number of hydrogen-bond acceptors (Lipinski definition) is 4. The average molecular weight is 467 g/mol. The fourth-order valence-corrected chi connectivity index (χ4v) is 4.32. The van der Waals surface area contributed by atoms with Crippen LogP contribution in [-0.4, -0.2) is 30.8 Å². The molecule has 0 spiro atoms. The van der Waals surface area contributed by atoms with E-state index in [1.54, 1.807) is 12.1 Å². The van der Waals surface area contributed by atoms with E-state index in [2.05, 4.69) is 21.2 Å². The normalized spacial score (nSPS) is 14.0. The van der Waals surface area contributed by atoms with Crippen LogP contribution >= 0.6 is 39.1 Å².